The monoisotopic (exact) mass is 444 g/mol. The second-order valence-corrected chi connectivity index (χ2v) is 8.09. The summed E-state index contributed by atoms with van der Waals surface area (Å²) < 4.78 is 6.66. The number of piperazine rings is 1. The Morgan fingerprint density at radius 2 is 1.83 bits per heavy atom. The van der Waals surface area contributed by atoms with Crippen LogP contribution in [0.1, 0.15) is 17.4 Å². The lowest BCUT2D eigenvalue weighted by Crippen LogP contribution is -2.51. The van der Waals surface area contributed by atoms with Crippen LogP contribution in [0.3, 0.4) is 0 Å². The summed E-state index contributed by atoms with van der Waals surface area (Å²) in [7, 11) is 0. The molecule has 7 nitrogen and oxygen atoms in total. The van der Waals surface area contributed by atoms with E-state index in [1.807, 2.05) is 35.7 Å². The zero-order valence-corrected chi connectivity index (χ0v) is 18.0. The number of hydrogen-bond donors (Lipinski definition) is 0. The third kappa shape index (κ3) is 4.06. The van der Waals surface area contributed by atoms with Gasteiger partial charge in [-0.05, 0) is 36.6 Å². The summed E-state index contributed by atoms with van der Waals surface area (Å²) in [5.74, 6) is -0.145. The molecule has 0 bridgehead atoms. The van der Waals surface area contributed by atoms with E-state index in [0.29, 0.717) is 49.2 Å². The number of benzene rings is 1. The highest BCUT2D eigenvalue weighted by atomic mass is 35.5. The van der Waals surface area contributed by atoms with Crippen LogP contribution < -0.4 is 0 Å². The largest absolute Gasteiger partial charge is 0.450 e. The molecule has 3 aromatic rings. The molecule has 1 fully saturated rings. The van der Waals surface area contributed by atoms with Gasteiger partial charge in [-0.2, -0.15) is 5.10 Å². The minimum atomic E-state index is -0.342. The SMILES string of the molecule is CCOC(=O)N1CCN(C(=O)c2cc(-c3cccs3)nn2-c2ccccc2Cl)CC1. The average molecular weight is 445 g/mol. The zero-order chi connectivity index (χ0) is 21.1. The first kappa shape index (κ1) is 20.4. The van der Waals surface area contributed by atoms with Gasteiger partial charge in [0, 0.05) is 26.2 Å². The van der Waals surface area contributed by atoms with Crippen LogP contribution in [0.15, 0.2) is 47.8 Å². The highest BCUT2D eigenvalue weighted by molar-refractivity contribution is 7.13. The molecule has 30 heavy (non-hydrogen) atoms. The Labute approximate surface area is 183 Å². The number of amides is 2. The van der Waals surface area contributed by atoms with Crippen LogP contribution in [0.4, 0.5) is 4.79 Å². The first-order chi connectivity index (χ1) is 14.6. The summed E-state index contributed by atoms with van der Waals surface area (Å²) in [6, 6.07) is 13.0. The number of rotatable bonds is 4. The van der Waals surface area contributed by atoms with Gasteiger partial charge in [-0.15, -0.1) is 11.3 Å². The van der Waals surface area contributed by atoms with Crippen LogP contribution in [0.2, 0.25) is 5.02 Å². The molecule has 1 aliphatic heterocycles. The molecule has 4 rings (SSSR count). The number of carbonyl (C=O) groups excluding carboxylic acids is 2. The minimum Gasteiger partial charge on any atom is -0.450 e. The van der Waals surface area contributed by atoms with Gasteiger partial charge >= 0.3 is 6.09 Å². The van der Waals surface area contributed by atoms with Crippen molar-refractivity contribution in [2.24, 2.45) is 0 Å². The molecule has 0 saturated carbocycles. The second kappa shape index (κ2) is 8.89. The Morgan fingerprint density at radius 3 is 2.50 bits per heavy atom. The van der Waals surface area contributed by atoms with E-state index < -0.39 is 0 Å². The number of ether oxygens (including phenoxy) is 1. The maximum atomic E-state index is 13.4. The Kier molecular flexibility index (Phi) is 6.06. The summed E-state index contributed by atoms with van der Waals surface area (Å²) in [6.07, 6.45) is -0.342. The third-order valence-corrected chi connectivity index (χ3v) is 6.09. The number of aromatic nitrogens is 2. The van der Waals surface area contributed by atoms with Gasteiger partial charge < -0.3 is 14.5 Å². The molecule has 0 unspecified atom stereocenters. The van der Waals surface area contributed by atoms with Crippen LogP contribution in [0.5, 0.6) is 0 Å². The fourth-order valence-electron chi connectivity index (χ4n) is 3.35. The maximum Gasteiger partial charge on any atom is 0.409 e. The van der Waals surface area contributed by atoms with Gasteiger partial charge in [0.2, 0.25) is 0 Å². The molecule has 0 atom stereocenters. The lowest BCUT2D eigenvalue weighted by atomic mass is 10.2. The number of hydrogen-bond acceptors (Lipinski definition) is 5. The van der Waals surface area contributed by atoms with E-state index in [0.717, 1.165) is 10.6 Å². The average Bonchev–Trinajstić information content (AvgIpc) is 3.44. The summed E-state index contributed by atoms with van der Waals surface area (Å²) >= 11 is 7.96. The summed E-state index contributed by atoms with van der Waals surface area (Å²) in [5, 5.41) is 7.16. The van der Waals surface area contributed by atoms with Crippen LogP contribution >= 0.6 is 22.9 Å². The van der Waals surface area contributed by atoms with Gasteiger partial charge in [0.25, 0.3) is 5.91 Å². The van der Waals surface area contributed by atoms with Gasteiger partial charge in [-0.1, -0.05) is 29.8 Å². The Bertz CT molecular complexity index is 1040. The number of nitrogens with zero attached hydrogens (tertiary/aromatic N) is 4. The predicted molar refractivity (Wildman–Crippen MR) is 116 cm³/mol. The van der Waals surface area contributed by atoms with Crippen molar-refractivity contribution < 1.29 is 14.3 Å². The molecule has 1 saturated heterocycles. The van der Waals surface area contributed by atoms with E-state index in [1.165, 1.54) is 0 Å². The normalized spacial score (nSPS) is 14.1. The lowest BCUT2D eigenvalue weighted by Gasteiger charge is -2.34. The number of carbonyl (C=O) groups is 2. The van der Waals surface area contributed by atoms with E-state index in [9.17, 15) is 9.59 Å². The van der Waals surface area contributed by atoms with E-state index in [-0.39, 0.29) is 12.0 Å². The van der Waals surface area contributed by atoms with Crippen molar-refractivity contribution >= 4 is 34.9 Å². The van der Waals surface area contributed by atoms with Crippen molar-refractivity contribution in [2.45, 2.75) is 6.92 Å². The summed E-state index contributed by atoms with van der Waals surface area (Å²) in [6.45, 7) is 3.84. The molecule has 1 aliphatic rings. The van der Waals surface area contributed by atoms with Gasteiger partial charge in [-0.3, -0.25) is 4.79 Å². The Balaban J connectivity index is 1.62. The first-order valence-corrected chi connectivity index (χ1v) is 10.9. The highest BCUT2D eigenvalue weighted by Crippen LogP contribution is 2.28. The highest BCUT2D eigenvalue weighted by Gasteiger charge is 2.28. The Hall–Kier alpha value is -2.84. The summed E-state index contributed by atoms with van der Waals surface area (Å²) in [5.41, 5.74) is 1.81. The van der Waals surface area contributed by atoms with Crippen molar-refractivity contribution in [3.05, 3.63) is 58.6 Å². The molecule has 156 valence electrons. The molecule has 0 aliphatic carbocycles. The molecule has 0 N–H and O–H groups in total. The topological polar surface area (TPSA) is 67.7 Å². The fraction of sp³-hybridized carbons (Fsp3) is 0.286. The van der Waals surface area contributed by atoms with Gasteiger partial charge in [0.05, 0.1) is 22.2 Å². The van der Waals surface area contributed by atoms with E-state index in [4.69, 9.17) is 16.3 Å². The number of para-hydroxylation sites is 1. The van der Waals surface area contributed by atoms with Crippen LogP contribution in [0, 0.1) is 0 Å². The van der Waals surface area contributed by atoms with Crippen LogP contribution in [0.25, 0.3) is 16.3 Å². The molecule has 0 radical (unpaired) electrons. The van der Waals surface area contributed by atoms with E-state index in [2.05, 4.69) is 5.10 Å². The van der Waals surface area contributed by atoms with Crippen molar-refractivity contribution in [3.8, 4) is 16.3 Å². The number of halogens is 1. The van der Waals surface area contributed by atoms with Gasteiger partial charge in [-0.25, -0.2) is 9.48 Å². The fourth-order valence-corrected chi connectivity index (χ4v) is 4.25. The molecular weight excluding hydrogens is 424 g/mol. The van der Waals surface area contributed by atoms with Gasteiger partial charge in [0.1, 0.15) is 11.4 Å². The second-order valence-electron chi connectivity index (χ2n) is 6.73. The molecular formula is C21H21ClN4O3S. The van der Waals surface area contributed by atoms with E-state index in [1.54, 1.807) is 44.9 Å². The molecule has 0 spiro atoms. The standard InChI is InChI=1S/C21H21ClN4O3S/c1-2-29-21(28)25-11-9-24(10-12-25)20(27)18-14-16(19-8-5-13-30-19)23-26(18)17-7-4-3-6-15(17)22/h3-8,13-14H,2,9-12H2,1H3. The van der Waals surface area contributed by atoms with Gasteiger partial charge in [0.15, 0.2) is 0 Å². The van der Waals surface area contributed by atoms with Crippen molar-refractivity contribution in [2.75, 3.05) is 32.8 Å². The van der Waals surface area contributed by atoms with Crippen molar-refractivity contribution in [3.63, 3.8) is 0 Å². The Morgan fingerprint density at radius 1 is 1.10 bits per heavy atom. The number of thiophene rings is 1. The molecule has 1 aromatic carbocycles. The smallest absolute Gasteiger partial charge is 0.409 e. The summed E-state index contributed by atoms with van der Waals surface area (Å²) in [4.78, 5) is 29.6. The maximum absolute atomic E-state index is 13.4. The van der Waals surface area contributed by atoms with Crippen LogP contribution in [-0.4, -0.2) is 64.4 Å². The molecule has 3 heterocycles. The van der Waals surface area contributed by atoms with E-state index >= 15 is 0 Å². The zero-order valence-electron chi connectivity index (χ0n) is 16.5. The quantitative estimate of drug-likeness (QED) is 0.605. The van der Waals surface area contributed by atoms with Crippen molar-refractivity contribution in [1.82, 2.24) is 19.6 Å². The minimum absolute atomic E-state index is 0.145. The first-order valence-electron chi connectivity index (χ1n) is 9.68. The lowest BCUT2D eigenvalue weighted by molar-refractivity contribution is 0.0563. The molecule has 2 amide bonds. The van der Waals surface area contributed by atoms with Crippen LogP contribution in [-0.2, 0) is 4.74 Å². The predicted octanol–water partition coefficient (Wildman–Crippen LogP) is 4.17. The van der Waals surface area contributed by atoms with Crippen molar-refractivity contribution in [1.29, 1.82) is 0 Å². The molecule has 9 heteroatoms. The third-order valence-electron chi connectivity index (χ3n) is 4.88. The molecule has 2 aromatic heterocycles.